The number of nitrogens with one attached hydrogen (secondary N) is 1. The first kappa shape index (κ1) is 20.6. The molecule has 1 N–H and O–H groups in total. The van der Waals surface area contributed by atoms with Crippen molar-refractivity contribution in [1.29, 1.82) is 5.26 Å². The Kier molecular flexibility index (Phi) is 5.93. The standard InChI is InChI=1S/C22H22N4O2S2/c1-12-6-7-15-17(10-23)22(30-19(15)9-12)25-20(27)16-5-4-8-24-21(16)29-11-18-13(2)26-28-14(18)3/h4-5,8,12H,6-7,9,11H2,1-3H3,(H,25,27)/t12-/m1/s1. The maximum absolute atomic E-state index is 13.1. The lowest BCUT2D eigenvalue weighted by atomic mass is 9.88. The molecule has 0 unspecified atom stereocenters. The van der Waals surface area contributed by atoms with Gasteiger partial charge in [-0.25, -0.2) is 4.98 Å². The Labute approximate surface area is 183 Å². The number of amides is 1. The minimum Gasteiger partial charge on any atom is -0.361 e. The quantitative estimate of drug-likeness (QED) is 0.544. The van der Waals surface area contributed by atoms with E-state index in [1.165, 1.54) is 28.0 Å². The molecule has 1 aliphatic rings. The summed E-state index contributed by atoms with van der Waals surface area (Å²) in [5, 5.41) is 17.9. The fourth-order valence-electron chi connectivity index (χ4n) is 3.65. The maximum Gasteiger partial charge on any atom is 0.259 e. The highest BCUT2D eigenvalue weighted by molar-refractivity contribution is 7.98. The number of carbonyl (C=O) groups is 1. The van der Waals surface area contributed by atoms with Crippen molar-refractivity contribution in [3.05, 3.63) is 56.9 Å². The second-order valence-corrected chi connectivity index (χ2v) is 9.64. The van der Waals surface area contributed by atoms with Gasteiger partial charge in [0.15, 0.2) is 0 Å². The van der Waals surface area contributed by atoms with Crippen LogP contribution in [0.3, 0.4) is 0 Å². The Hall–Kier alpha value is -2.63. The third-order valence-corrected chi connectivity index (χ3v) is 7.60. The topological polar surface area (TPSA) is 91.8 Å². The molecule has 3 aromatic heterocycles. The number of thiophene rings is 1. The zero-order valence-corrected chi connectivity index (χ0v) is 18.7. The average molecular weight is 439 g/mol. The molecule has 0 aromatic carbocycles. The monoisotopic (exact) mass is 438 g/mol. The average Bonchev–Trinajstić information content (AvgIpc) is 3.24. The molecule has 30 heavy (non-hydrogen) atoms. The van der Waals surface area contributed by atoms with Crippen LogP contribution in [0.15, 0.2) is 27.9 Å². The van der Waals surface area contributed by atoms with Crippen molar-refractivity contribution in [1.82, 2.24) is 10.1 Å². The van der Waals surface area contributed by atoms with Crippen LogP contribution >= 0.6 is 23.1 Å². The molecule has 154 valence electrons. The fourth-order valence-corrected chi connectivity index (χ4v) is 6.16. The number of hydrogen-bond donors (Lipinski definition) is 1. The summed E-state index contributed by atoms with van der Waals surface area (Å²) >= 11 is 3.01. The van der Waals surface area contributed by atoms with Crippen LogP contribution in [0, 0.1) is 31.1 Å². The van der Waals surface area contributed by atoms with Crippen LogP contribution in [0.4, 0.5) is 5.00 Å². The number of hydrogen-bond acceptors (Lipinski definition) is 7. The molecule has 4 rings (SSSR count). The maximum atomic E-state index is 13.1. The van der Waals surface area contributed by atoms with Crippen LogP contribution in [-0.2, 0) is 18.6 Å². The number of rotatable bonds is 5. The van der Waals surface area contributed by atoms with Crippen molar-refractivity contribution in [3.8, 4) is 6.07 Å². The van der Waals surface area contributed by atoms with Crippen molar-refractivity contribution in [3.63, 3.8) is 0 Å². The van der Waals surface area contributed by atoms with E-state index in [-0.39, 0.29) is 5.91 Å². The van der Waals surface area contributed by atoms with E-state index in [4.69, 9.17) is 4.52 Å². The first-order chi connectivity index (χ1) is 14.5. The molecule has 0 aliphatic heterocycles. The minimum absolute atomic E-state index is 0.243. The zero-order valence-electron chi connectivity index (χ0n) is 17.1. The molecule has 0 radical (unpaired) electrons. The molecule has 0 saturated heterocycles. The van der Waals surface area contributed by atoms with Crippen molar-refractivity contribution in [2.45, 2.75) is 50.8 Å². The first-order valence-electron chi connectivity index (χ1n) is 9.83. The Morgan fingerprint density at radius 2 is 2.30 bits per heavy atom. The second-order valence-electron chi connectivity index (χ2n) is 7.57. The van der Waals surface area contributed by atoms with E-state index in [9.17, 15) is 10.1 Å². The van der Waals surface area contributed by atoms with Crippen molar-refractivity contribution < 1.29 is 9.32 Å². The summed E-state index contributed by atoms with van der Waals surface area (Å²) in [6, 6.07) is 5.82. The number of nitrogens with zero attached hydrogens (tertiary/aromatic N) is 3. The Balaban J connectivity index is 1.56. The van der Waals surface area contributed by atoms with Gasteiger partial charge in [0.1, 0.15) is 21.9 Å². The lowest BCUT2D eigenvalue weighted by Gasteiger charge is -2.17. The molecule has 0 spiro atoms. The first-order valence-corrected chi connectivity index (χ1v) is 11.6. The molecular formula is C22H22N4O2S2. The van der Waals surface area contributed by atoms with Crippen LogP contribution in [0.5, 0.6) is 0 Å². The van der Waals surface area contributed by atoms with E-state index >= 15 is 0 Å². The molecular weight excluding hydrogens is 416 g/mol. The molecule has 3 heterocycles. The summed E-state index contributed by atoms with van der Waals surface area (Å²) in [6.45, 7) is 6.01. The van der Waals surface area contributed by atoms with E-state index in [1.54, 1.807) is 18.3 Å². The third-order valence-electron chi connectivity index (χ3n) is 5.40. The molecule has 6 nitrogen and oxygen atoms in total. The van der Waals surface area contributed by atoms with Crippen LogP contribution in [0.25, 0.3) is 0 Å². The highest BCUT2D eigenvalue weighted by Crippen LogP contribution is 2.39. The van der Waals surface area contributed by atoms with Crippen molar-refractivity contribution in [2.24, 2.45) is 5.92 Å². The van der Waals surface area contributed by atoms with Crippen molar-refractivity contribution in [2.75, 3.05) is 5.32 Å². The Morgan fingerprint density at radius 1 is 1.47 bits per heavy atom. The number of thioether (sulfide) groups is 1. The summed E-state index contributed by atoms with van der Waals surface area (Å²) in [7, 11) is 0. The van der Waals surface area contributed by atoms with E-state index < -0.39 is 0 Å². The molecule has 8 heteroatoms. The van der Waals surface area contributed by atoms with Gasteiger partial charge in [-0.05, 0) is 56.7 Å². The number of carbonyl (C=O) groups excluding carboxylic acids is 1. The highest BCUT2D eigenvalue weighted by atomic mass is 32.2. The van der Waals surface area contributed by atoms with Gasteiger partial charge in [-0.3, -0.25) is 4.79 Å². The summed E-state index contributed by atoms with van der Waals surface area (Å²) in [6.07, 6.45) is 4.63. The summed E-state index contributed by atoms with van der Waals surface area (Å²) in [5.74, 6) is 1.76. The smallest absolute Gasteiger partial charge is 0.259 e. The predicted octanol–water partition coefficient (Wildman–Crippen LogP) is 5.29. The van der Waals surface area contributed by atoms with E-state index in [2.05, 4.69) is 28.5 Å². The van der Waals surface area contributed by atoms with Crippen molar-refractivity contribution >= 4 is 34.0 Å². The number of anilines is 1. The SMILES string of the molecule is Cc1noc(C)c1CSc1ncccc1C(=O)Nc1sc2c(c1C#N)CC[C@@H](C)C2. The highest BCUT2D eigenvalue weighted by Gasteiger charge is 2.25. The molecule has 0 saturated carbocycles. The lowest BCUT2D eigenvalue weighted by Crippen LogP contribution is -2.14. The second kappa shape index (κ2) is 8.62. The van der Waals surface area contributed by atoms with Gasteiger partial charge in [0.05, 0.1) is 16.8 Å². The minimum atomic E-state index is -0.243. The normalized spacial score (nSPS) is 15.5. The molecule has 1 amide bonds. The van der Waals surface area contributed by atoms with Gasteiger partial charge in [-0.15, -0.1) is 23.1 Å². The molecule has 1 aliphatic carbocycles. The number of aryl methyl sites for hydroxylation is 2. The fraction of sp³-hybridized carbons (Fsp3) is 0.364. The van der Waals surface area contributed by atoms with Gasteiger partial charge in [0.2, 0.25) is 0 Å². The molecule has 0 fully saturated rings. The van der Waals surface area contributed by atoms with E-state index in [1.807, 2.05) is 13.8 Å². The number of pyridine rings is 1. The lowest BCUT2D eigenvalue weighted by molar-refractivity contribution is 0.102. The molecule has 1 atom stereocenters. The number of fused-ring (bicyclic) bond motifs is 1. The number of nitriles is 1. The van der Waals surface area contributed by atoms with Crippen LogP contribution < -0.4 is 5.32 Å². The van der Waals surface area contributed by atoms with Crippen LogP contribution in [-0.4, -0.2) is 16.0 Å². The molecule has 3 aromatic rings. The Morgan fingerprint density at radius 3 is 3.03 bits per heavy atom. The van der Waals surface area contributed by atoms with Gasteiger partial charge < -0.3 is 9.84 Å². The van der Waals surface area contributed by atoms with Gasteiger partial charge in [0.25, 0.3) is 5.91 Å². The number of aromatic nitrogens is 2. The third kappa shape index (κ3) is 4.00. The van der Waals surface area contributed by atoms with E-state index in [0.717, 1.165) is 41.8 Å². The summed E-state index contributed by atoms with van der Waals surface area (Å²) in [4.78, 5) is 18.7. The van der Waals surface area contributed by atoms with Gasteiger partial charge in [-0.1, -0.05) is 12.1 Å². The van der Waals surface area contributed by atoms with Crippen LogP contribution in [0.2, 0.25) is 0 Å². The van der Waals surface area contributed by atoms with Gasteiger partial charge in [0, 0.05) is 22.4 Å². The van der Waals surface area contributed by atoms with Crippen LogP contribution in [0.1, 0.15) is 56.7 Å². The Bertz CT molecular complexity index is 1120. The summed E-state index contributed by atoms with van der Waals surface area (Å²) < 4.78 is 5.22. The van der Waals surface area contributed by atoms with E-state index in [0.29, 0.717) is 32.8 Å². The van der Waals surface area contributed by atoms with Gasteiger partial charge in [-0.2, -0.15) is 5.26 Å². The largest absolute Gasteiger partial charge is 0.361 e. The summed E-state index contributed by atoms with van der Waals surface area (Å²) in [5.41, 5.74) is 4.08. The molecule has 0 bridgehead atoms. The predicted molar refractivity (Wildman–Crippen MR) is 118 cm³/mol. The van der Waals surface area contributed by atoms with Gasteiger partial charge >= 0.3 is 0 Å². The zero-order chi connectivity index (χ0) is 21.3.